The number of nitrogens with zero attached hydrogens (tertiary/aromatic N) is 6. The smallest absolute Gasteiger partial charge is 0.271 e. The molecule has 0 spiro atoms. The van der Waals surface area contributed by atoms with E-state index in [9.17, 15) is 37.2 Å². The summed E-state index contributed by atoms with van der Waals surface area (Å²) in [6, 6.07) is 10.6. The highest BCUT2D eigenvalue weighted by atomic mass is 32.2. The number of anilines is 4. The van der Waals surface area contributed by atoms with Crippen LogP contribution in [0, 0.1) is 11.8 Å². The van der Waals surface area contributed by atoms with Crippen LogP contribution in [0.1, 0.15) is 82.6 Å². The summed E-state index contributed by atoms with van der Waals surface area (Å²) in [6.07, 6.45) is 7.59. The molecule has 8 rings (SSSR count). The van der Waals surface area contributed by atoms with Gasteiger partial charge in [0.15, 0.2) is 21.3 Å². The topological polar surface area (TPSA) is 251 Å². The van der Waals surface area contributed by atoms with Crippen molar-refractivity contribution in [1.82, 2.24) is 25.1 Å². The molecule has 4 atom stereocenters. The summed E-state index contributed by atoms with van der Waals surface area (Å²) < 4.78 is 23.9. The van der Waals surface area contributed by atoms with Gasteiger partial charge in [0.2, 0.25) is 17.7 Å². The normalized spacial score (nSPS) is 24.3. The largest absolute Gasteiger partial charge is 0.371 e. The SMILES string of the molecule is CS(=O)(=O)c1ccc(Nc2nc(N3CCC[C@@H](C4CC(C(N)=O)CCN4C4CCN(c5ccc6c(c5)C(=O)N(C5CCC(=O)NC5=O)C6=O)CC4)C3)cnc2C(N)=O)cc1. The maximum Gasteiger partial charge on any atom is 0.271 e. The van der Waals surface area contributed by atoms with Crippen molar-refractivity contribution in [1.29, 1.82) is 0 Å². The number of imide groups is 2. The number of primary amides is 2. The third-order valence-electron chi connectivity index (χ3n) is 12.7. The number of hydrogen-bond donors (Lipinski definition) is 4. The second kappa shape index (κ2) is 16.2. The predicted octanol–water partition coefficient (Wildman–Crippen LogP) is 1.58. The van der Waals surface area contributed by atoms with E-state index < -0.39 is 45.4 Å². The lowest BCUT2D eigenvalue weighted by Gasteiger charge is -2.50. The maximum absolute atomic E-state index is 13.5. The lowest BCUT2D eigenvalue weighted by Crippen LogP contribution is -2.58. The van der Waals surface area contributed by atoms with Gasteiger partial charge in [0.05, 0.1) is 22.2 Å². The van der Waals surface area contributed by atoms with Crippen LogP contribution in [0.5, 0.6) is 0 Å². The predicted molar refractivity (Wildman–Crippen MR) is 219 cm³/mol. The number of carbonyl (C=O) groups excluding carboxylic acids is 6. The monoisotopic (exact) mass is 840 g/mol. The Balaban J connectivity index is 0.959. The molecule has 19 heteroatoms. The first kappa shape index (κ1) is 40.8. The first-order chi connectivity index (χ1) is 28.7. The van der Waals surface area contributed by atoms with Crippen molar-refractivity contribution in [2.24, 2.45) is 23.3 Å². The minimum Gasteiger partial charge on any atom is -0.371 e. The molecule has 0 bridgehead atoms. The maximum atomic E-state index is 13.5. The Morgan fingerprint density at radius 2 is 1.60 bits per heavy atom. The van der Waals surface area contributed by atoms with Gasteiger partial charge in [0.1, 0.15) is 11.9 Å². The number of fused-ring (bicyclic) bond motifs is 1. The van der Waals surface area contributed by atoms with E-state index in [1.165, 1.54) is 18.3 Å². The molecule has 316 valence electrons. The molecule has 5 aliphatic rings. The average molecular weight is 841 g/mol. The highest BCUT2D eigenvalue weighted by Gasteiger charge is 2.45. The molecule has 3 aromatic rings. The molecule has 6 heterocycles. The van der Waals surface area contributed by atoms with Gasteiger partial charge in [-0.3, -0.25) is 43.9 Å². The fraction of sp³-hybridized carbons (Fsp3) is 0.463. The van der Waals surface area contributed by atoms with Gasteiger partial charge < -0.3 is 26.6 Å². The second-order valence-electron chi connectivity index (χ2n) is 16.4. The molecule has 4 saturated heterocycles. The molecule has 0 aliphatic carbocycles. The van der Waals surface area contributed by atoms with Crippen molar-refractivity contribution in [3.63, 3.8) is 0 Å². The number of hydrogen-bond acceptors (Lipinski definition) is 14. The average Bonchev–Trinajstić information content (AvgIpc) is 3.48. The van der Waals surface area contributed by atoms with Crippen LogP contribution >= 0.6 is 0 Å². The number of likely N-dealkylation sites (tertiary alicyclic amines) is 1. The Labute approximate surface area is 346 Å². The molecule has 1 aromatic heterocycles. The number of carbonyl (C=O) groups is 6. The second-order valence-corrected chi connectivity index (χ2v) is 18.4. The molecule has 3 unspecified atom stereocenters. The van der Waals surface area contributed by atoms with Gasteiger partial charge in [-0.2, -0.15) is 0 Å². The van der Waals surface area contributed by atoms with Crippen LogP contribution in [-0.2, 0) is 24.2 Å². The lowest BCUT2D eigenvalue weighted by molar-refractivity contribution is -0.136. The molecule has 2 aromatic carbocycles. The molecule has 6 amide bonds. The van der Waals surface area contributed by atoms with Crippen LogP contribution in [0.3, 0.4) is 0 Å². The van der Waals surface area contributed by atoms with Gasteiger partial charge in [0, 0.05) is 68.2 Å². The van der Waals surface area contributed by atoms with E-state index in [-0.39, 0.29) is 70.2 Å². The number of amides is 6. The fourth-order valence-electron chi connectivity index (χ4n) is 9.56. The number of piperidine rings is 4. The van der Waals surface area contributed by atoms with Crippen molar-refractivity contribution in [3.05, 3.63) is 65.5 Å². The van der Waals surface area contributed by atoms with Crippen molar-refractivity contribution >= 4 is 68.3 Å². The number of rotatable bonds is 10. The Bertz CT molecular complexity index is 2370. The van der Waals surface area contributed by atoms with Crippen LogP contribution in [0.2, 0.25) is 0 Å². The van der Waals surface area contributed by atoms with E-state index >= 15 is 0 Å². The Morgan fingerprint density at radius 1 is 0.867 bits per heavy atom. The summed E-state index contributed by atoms with van der Waals surface area (Å²) in [5, 5.41) is 5.32. The number of nitrogens with one attached hydrogen (secondary N) is 2. The first-order valence-electron chi connectivity index (χ1n) is 20.3. The van der Waals surface area contributed by atoms with E-state index in [0.717, 1.165) is 49.1 Å². The Kier molecular flexibility index (Phi) is 11.1. The van der Waals surface area contributed by atoms with Crippen molar-refractivity contribution in [2.75, 3.05) is 54.1 Å². The van der Waals surface area contributed by atoms with Crippen LogP contribution in [0.25, 0.3) is 0 Å². The van der Waals surface area contributed by atoms with Gasteiger partial charge >= 0.3 is 0 Å². The summed E-state index contributed by atoms with van der Waals surface area (Å²) in [5.41, 5.74) is 13.3. The third kappa shape index (κ3) is 8.02. The molecule has 18 nitrogen and oxygen atoms in total. The van der Waals surface area contributed by atoms with Crippen LogP contribution in [0.4, 0.5) is 23.0 Å². The molecular formula is C41H48N10O8S. The molecule has 0 saturated carbocycles. The standard InChI is InChI=1S/C41H48N10O8S/c1-60(58,59)28-7-4-25(5-8-28)45-38-35(37(43)54)44-21-33(46-38)49-15-2-3-24(22-49)32-19-23(36(42)53)12-18-50(32)26-13-16-48(17-14-26)27-6-9-29-30(20-27)41(57)51(40(29)56)31-10-11-34(52)47-39(31)55/h4-9,20-21,23-24,26,31-32H,2-3,10-19,22H2,1H3,(H2,42,53)(H2,43,54)(H,45,46)(H,47,52,55)/t23?,24-,31?,32?/m1/s1. The summed E-state index contributed by atoms with van der Waals surface area (Å²) in [4.78, 5) is 93.1. The summed E-state index contributed by atoms with van der Waals surface area (Å²) in [6.45, 7) is 3.47. The molecule has 60 heavy (non-hydrogen) atoms. The number of sulfone groups is 1. The van der Waals surface area contributed by atoms with Crippen molar-refractivity contribution in [3.8, 4) is 0 Å². The van der Waals surface area contributed by atoms with Crippen molar-refractivity contribution in [2.45, 2.75) is 74.4 Å². The van der Waals surface area contributed by atoms with E-state index in [0.29, 0.717) is 50.5 Å². The summed E-state index contributed by atoms with van der Waals surface area (Å²) in [5.74, 6) is -2.57. The quantitative estimate of drug-likeness (QED) is 0.212. The number of benzene rings is 2. The highest BCUT2D eigenvalue weighted by Crippen LogP contribution is 2.38. The first-order valence-corrected chi connectivity index (χ1v) is 22.2. The molecule has 6 N–H and O–H groups in total. The van der Waals surface area contributed by atoms with Crippen LogP contribution in [0.15, 0.2) is 53.6 Å². The van der Waals surface area contributed by atoms with Crippen LogP contribution < -0.4 is 31.9 Å². The zero-order valence-corrected chi connectivity index (χ0v) is 34.0. The van der Waals surface area contributed by atoms with E-state index in [1.54, 1.807) is 24.3 Å². The van der Waals surface area contributed by atoms with E-state index in [1.807, 2.05) is 6.07 Å². The zero-order chi connectivity index (χ0) is 42.5. The van der Waals surface area contributed by atoms with Gasteiger partial charge in [-0.05, 0) is 99.9 Å². The Morgan fingerprint density at radius 3 is 2.28 bits per heavy atom. The number of aromatic nitrogens is 2. The lowest BCUT2D eigenvalue weighted by atomic mass is 9.78. The summed E-state index contributed by atoms with van der Waals surface area (Å²) >= 11 is 0. The molecule has 5 aliphatic heterocycles. The molecule has 4 fully saturated rings. The Hall–Kier alpha value is -5.95. The minimum atomic E-state index is -3.40. The van der Waals surface area contributed by atoms with Crippen molar-refractivity contribution < 1.29 is 37.2 Å². The fourth-order valence-corrected chi connectivity index (χ4v) is 10.2. The minimum absolute atomic E-state index is 0.0530. The van der Waals surface area contributed by atoms with Gasteiger partial charge in [-0.1, -0.05) is 0 Å². The van der Waals surface area contributed by atoms with Gasteiger partial charge in [-0.15, -0.1) is 0 Å². The molecule has 0 radical (unpaired) electrons. The summed E-state index contributed by atoms with van der Waals surface area (Å²) in [7, 11) is -3.40. The van der Waals surface area contributed by atoms with Crippen LogP contribution in [-0.4, -0.2) is 121 Å². The third-order valence-corrected chi connectivity index (χ3v) is 13.8. The van der Waals surface area contributed by atoms with Gasteiger partial charge in [0.25, 0.3) is 17.7 Å². The van der Waals surface area contributed by atoms with E-state index in [4.69, 9.17) is 16.5 Å². The number of nitrogens with two attached hydrogens (primary N) is 2. The zero-order valence-electron chi connectivity index (χ0n) is 33.2. The van der Waals surface area contributed by atoms with E-state index in [2.05, 4.69) is 30.3 Å². The molecular weight excluding hydrogens is 793 g/mol. The highest BCUT2D eigenvalue weighted by molar-refractivity contribution is 7.90. The van der Waals surface area contributed by atoms with Gasteiger partial charge in [-0.25, -0.2) is 18.4 Å².